The lowest BCUT2D eigenvalue weighted by Crippen LogP contribution is -2.11. The maximum Gasteiger partial charge on any atom is 0.123 e. The molecule has 16 heavy (non-hydrogen) atoms. The summed E-state index contributed by atoms with van der Waals surface area (Å²) in [5.74, 6) is 1.16. The van der Waals surface area contributed by atoms with E-state index in [4.69, 9.17) is 4.98 Å². The Morgan fingerprint density at radius 1 is 1.56 bits per heavy atom. The highest BCUT2D eigenvalue weighted by Gasteiger charge is 2.21. The molecule has 3 rings (SSSR count). The standard InChI is InChI=1S/C12H16N4/c1-13-8-11-15-12(9-4-5-14-7-9)10-3-2-6-16(10)11/h4-5,7,13-14H,2-3,6,8H2,1H3. The van der Waals surface area contributed by atoms with E-state index >= 15 is 0 Å². The number of nitrogens with zero attached hydrogens (tertiary/aromatic N) is 2. The van der Waals surface area contributed by atoms with Gasteiger partial charge in [-0.25, -0.2) is 4.98 Å². The van der Waals surface area contributed by atoms with E-state index in [0.29, 0.717) is 0 Å². The fourth-order valence-electron chi connectivity index (χ4n) is 2.45. The molecule has 0 aliphatic carbocycles. The number of aromatic nitrogens is 3. The Bertz CT molecular complexity index is 481. The van der Waals surface area contributed by atoms with E-state index in [1.165, 1.54) is 17.7 Å². The summed E-state index contributed by atoms with van der Waals surface area (Å²) in [4.78, 5) is 7.84. The molecule has 4 nitrogen and oxygen atoms in total. The van der Waals surface area contributed by atoms with Crippen molar-refractivity contribution in [2.75, 3.05) is 7.05 Å². The molecule has 0 spiro atoms. The predicted octanol–water partition coefficient (Wildman–Crippen LogP) is 1.54. The zero-order chi connectivity index (χ0) is 11.0. The number of nitrogens with one attached hydrogen (secondary N) is 2. The second-order valence-corrected chi connectivity index (χ2v) is 4.21. The average Bonchev–Trinajstić information content (AvgIpc) is 2.94. The first-order valence-corrected chi connectivity index (χ1v) is 5.76. The molecule has 0 fully saturated rings. The second kappa shape index (κ2) is 3.79. The second-order valence-electron chi connectivity index (χ2n) is 4.21. The summed E-state index contributed by atoms with van der Waals surface area (Å²) in [7, 11) is 1.96. The zero-order valence-corrected chi connectivity index (χ0v) is 9.45. The third-order valence-electron chi connectivity index (χ3n) is 3.15. The summed E-state index contributed by atoms with van der Waals surface area (Å²) in [6, 6.07) is 2.09. The van der Waals surface area contributed by atoms with Gasteiger partial charge in [0, 0.05) is 30.2 Å². The lowest BCUT2D eigenvalue weighted by molar-refractivity contribution is 0.653. The first-order valence-electron chi connectivity index (χ1n) is 5.76. The molecule has 2 aromatic heterocycles. The molecule has 0 aromatic carbocycles. The smallest absolute Gasteiger partial charge is 0.123 e. The Morgan fingerprint density at radius 2 is 2.50 bits per heavy atom. The minimum Gasteiger partial charge on any atom is -0.367 e. The number of H-pyrrole nitrogens is 1. The Morgan fingerprint density at radius 3 is 3.25 bits per heavy atom. The van der Waals surface area contributed by atoms with Gasteiger partial charge in [0.05, 0.1) is 12.2 Å². The van der Waals surface area contributed by atoms with Crippen molar-refractivity contribution in [1.82, 2.24) is 19.9 Å². The van der Waals surface area contributed by atoms with Crippen LogP contribution in [0.3, 0.4) is 0 Å². The molecule has 0 bridgehead atoms. The summed E-state index contributed by atoms with van der Waals surface area (Å²) >= 11 is 0. The fourth-order valence-corrected chi connectivity index (χ4v) is 2.45. The summed E-state index contributed by atoms with van der Waals surface area (Å²) in [6.45, 7) is 1.96. The van der Waals surface area contributed by atoms with Crippen LogP contribution >= 0.6 is 0 Å². The van der Waals surface area contributed by atoms with Gasteiger partial charge in [0.1, 0.15) is 5.82 Å². The van der Waals surface area contributed by atoms with Gasteiger partial charge in [-0.15, -0.1) is 0 Å². The SMILES string of the molecule is CNCc1nc(-c2cc[nH]c2)c2n1CCC2. The van der Waals surface area contributed by atoms with Gasteiger partial charge in [0.2, 0.25) is 0 Å². The first kappa shape index (κ1) is 9.66. The highest BCUT2D eigenvalue weighted by molar-refractivity contribution is 5.62. The Labute approximate surface area is 94.7 Å². The number of hydrogen-bond donors (Lipinski definition) is 2. The quantitative estimate of drug-likeness (QED) is 0.817. The lowest BCUT2D eigenvalue weighted by atomic mass is 10.1. The molecule has 0 unspecified atom stereocenters. The van der Waals surface area contributed by atoms with Crippen molar-refractivity contribution in [3.63, 3.8) is 0 Å². The maximum atomic E-state index is 4.74. The largest absolute Gasteiger partial charge is 0.367 e. The molecule has 0 radical (unpaired) electrons. The normalized spacial score (nSPS) is 14.3. The van der Waals surface area contributed by atoms with Crippen LogP contribution in [-0.2, 0) is 19.5 Å². The molecule has 1 aliphatic rings. The Kier molecular flexibility index (Phi) is 2.29. The van der Waals surface area contributed by atoms with Gasteiger partial charge in [0.15, 0.2) is 0 Å². The van der Waals surface area contributed by atoms with E-state index in [1.807, 2.05) is 19.4 Å². The van der Waals surface area contributed by atoms with Crippen molar-refractivity contribution in [1.29, 1.82) is 0 Å². The number of fused-ring (bicyclic) bond motifs is 1. The van der Waals surface area contributed by atoms with Crippen LogP contribution in [0, 0.1) is 0 Å². The van der Waals surface area contributed by atoms with Crippen LogP contribution in [0.1, 0.15) is 17.9 Å². The van der Waals surface area contributed by atoms with Gasteiger partial charge in [-0.2, -0.15) is 0 Å². The Balaban J connectivity index is 2.09. The third-order valence-corrected chi connectivity index (χ3v) is 3.15. The molecule has 84 valence electrons. The van der Waals surface area contributed by atoms with Gasteiger partial charge in [-0.3, -0.25) is 0 Å². The van der Waals surface area contributed by atoms with Crippen LogP contribution in [0.2, 0.25) is 0 Å². The summed E-state index contributed by atoms with van der Waals surface area (Å²) in [6.07, 6.45) is 6.36. The van der Waals surface area contributed by atoms with Crippen LogP contribution in [0.5, 0.6) is 0 Å². The number of rotatable bonds is 3. The molecular weight excluding hydrogens is 200 g/mol. The van der Waals surface area contributed by atoms with Crippen LogP contribution < -0.4 is 5.32 Å². The van der Waals surface area contributed by atoms with Crippen molar-refractivity contribution >= 4 is 0 Å². The minimum atomic E-state index is 0.845. The third kappa shape index (κ3) is 1.38. The molecule has 0 atom stereocenters. The van der Waals surface area contributed by atoms with Gasteiger partial charge in [-0.05, 0) is 26.0 Å². The van der Waals surface area contributed by atoms with Gasteiger partial charge >= 0.3 is 0 Å². The lowest BCUT2D eigenvalue weighted by Gasteiger charge is -2.01. The van der Waals surface area contributed by atoms with Crippen LogP contribution in [0.25, 0.3) is 11.3 Å². The number of aromatic amines is 1. The first-order chi connectivity index (χ1) is 7.90. The molecule has 2 aromatic rings. The highest BCUT2D eigenvalue weighted by atomic mass is 15.1. The molecule has 4 heteroatoms. The average molecular weight is 216 g/mol. The number of hydrogen-bond acceptors (Lipinski definition) is 2. The van der Waals surface area contributed by atoms with E-state index in [9.17, 15) is 0 Å². The van der Waals surface area contributed by atoms with Crippen molar-refractivity contribution in [3.8, 4) is 11.3 Å². The molecule has 0 amide bonds. The van der Waals surface area contributed by atoms with Crippen molar-refractivity contribution in [3.05, 3.63) is 30.0 Å². The van der Waals surface area contributed by atoms with Gasteiger partial charge in [0.25, 0.3) is 0 Å². The summed E-state index contributed by atoms with van der Waals surface area (Å²) in [5, 5.41) is 3.18. The Hall–Kier alpha value is -1.55. The topological polar surface area (TPSA) is 45.6 Å². The molecular formula is C12H16N4. The van der Waals surface area contributed by atoms with E-state index < -0.39 is 0 Å². The molecule has 0 saturated heterocycles. The van der Waals surface area contributed by atoms with Crippen LogP contribution in [-0.4, -0.2) is 21.6 Å². The van der Waals surface area contributed by atoms with E-state index in [-0.39, 0.29) is 0 Å². The van der Waals surface area contributed by atoms with Crippen molar-refractivity contribution in [2.45, 2.75) is 25.9 Å². The van der Waals surface area contributed by atoms with Crippen LogP contribution in [0.15, 0.2) is 18.5 Å². The highest BCUT2D eigenvalue weighted by Crippen LogP contribution is 2.29. The van der Waals surface area contributed by atoms with E-state index in [2.05, 4.69) is 20.9 Å². The maximum absolute atomic E-state index is 4.74. The van der Waals surface area contributed by atoms with E-state index in [1.54, 1.807) is 0 Å². The number of imidazole rings is 1. The van der Waals surface area contributed by atoms with Crippen molar-refractivity contribution < 1.29 is 0 Å². The molecule has 2 N–H and O–H groups in total. The van der Waals surface area contributed by atoms with Gasteiger partial charge < -0.3 is 14.9 Å². The fraction of sp³-hybridized carbons (Fsp3) is 0.417. The van der Waals surface area contributed by atoms with Crippen molar-refractivity contribution in [2.24, 2.45) is 0 Å². The molecule has 0 saturated carbocycles. The summed E-state index contributed by atoms with van der Waals surface area (Å²) in [5.41, 5.74) is 3.75. The van der Waals surface area contributed by atoms with Crippen LogP contribution in [0.4, 0.5) is 0 Å². The van der Waals surface area contributed by atoms with E-state index in [0.717, 1.165) is 31.0 Å². The van der Waals surface area contributed by atoms with Gasteiger partial charge in [-0.1, -0.05) is 0 Å². The molecule has 3 heterocycles. The molecule has 1 aliphatic heterocycles. The predicted molar refractivity (Wildman–Crippen MR) is 63.1 cm³/mol. The summed E-state index contributed by atoms with van der Waals surface area (Å²) < 4.78 is 2.36. The zero-order valence-electron chi connectivity index (χ0n) is 9.45. The monoisotopic (exact) mass is 216 g/mol. The minimum absolute atomic E-state index is 0.845.